The Morgan fingerprint density at radius 2 is 2.17 bits per heavy atom. The van der Waals surface area contributed by atoms with E-state index in [9.17, 15) is 0 Å². The Hall–Kier alpha value is -1.35. The van der Waals surface area contributed by atoms with Crippen LogP contribution in [-0.2, 0) is 13.0 Å². The summed E-state index contributed by atoms with van der Waals surface area (Å²) in [7, 11) is 0. The van der Waals surface area contributed by atoms with Gasteiger partial charge in [0.25, 0.3) is 0 Å². The van der Waals surface area contributed by atoms with E-state index >= 15 is 0 Å². The van der Waals surface area contributed by atoms with Crippen LogP contribution in [0.3, 0.4) is 0 Å². The maximum atomic E-state index is 5.98. The highest BCUT2D eigenvalue weighted by atomic mass is 127. The number of halogens is 2. The number of nitrogens with one attached hydrogen (secondary N) is 2. The molecule has 0 aliphatic rings. The summed E-state index contributed by atoms with van der Waals surface area (Å²) in [6.07, 6.45) is 0.866. The summed E-state index contributed by atoms with van der Waals surface area (Å²) in [5, 5.41) is 10.9. The Labute approximate surface area is 158 Å². The predicted octanol–water partition coefficient (Wildman–Crippen LogP) is 2.95. The highest BCUT2D eigenvalue weighted by Crippen LogP contribution is 2.10. The van der Waals surface area contributed by atoms with Crippen LogP contribution < -0.4 is 10.6 Å². The van der Waals surface area contributed by atoms with Gasteiger partial charge in [-0.15, -0.1) is 24.0 Å². The Kier molecular flexibility index (Phi) is 8.93. The van der Waals surface area contributed by atoms with Gasteiger partial charge in [0.15, 0.2) is 11.8 Å². The zero-order valence-corrected chi connectivity index (χ0v) is 16.3. The molecular formula is C15H21ClIN5O. The number of benzene rings is 1. The normalized spacial score (nSPS) is 11.0. The molecule has 126 valence electrons. The van der Waals surface area contributed by atoms with Gasteiger partial charge in [0.1, 0.15) is 6.54 Å². The van der Waals surface area contributed by atoms with E-state index in [2.05, 4.69) is 31.8 Å². The van der Waals surface area contributed by atoms with Crippen molar-refractivity contribution in [3.05, 3.63) is 46.6 Å². The lowest BCUT2D eigenvalue weighted by molar-refractivity contribution is 0.376. The molecule has 0 bridgehead atoms. The summed E-state index contributed by atoms with van der Waals surface area (Å²) < 4.78 is 5.04. The SMILES string of the molecule is CCNC(=NCc1nc(C)no1)NCCc1cccc(Cl)c1.I. The van der Waals surface area contributed by atoms with E-state index in [4.69, 9.17) is 16.1 Å². The Bertz CT molecular complexity index is 632. The number of aliphatic imine (C=N–C) groups is 1. The molecule has 1 aromatic carbocycles. The molecule has 0 saturated carbocycles. The topological polar surface area (TPSA) is 75.3 Å². The van der Waals surface area contributed by atoms with Crippen LogP contribution in [0.2, 0.25) is 5.02 Å². The highest BCUT2D eigenvalue weighted by Gasteiger charge is 2.03. The van der Waals surface area contributed by atoms with E-state index in [-0.39, 0.29) is 24.0 Å². The average molecular weight is 450 g/mol. The first-order valence-corrected chi connectivity index (χ1v) is 7.61. The van der Waals surface area contributed by atoms with E-state index < -0.39 is 0 Å². The van der Waals surface area contributed by atoms with Crippen molar-refractivity contribution < 1.29 is 4.52 Å². The molecule has 8 heteroatoms. The van der Waals surface area contributed by atoms with E-state index in [0.717, 1.165) is 30.5 Å². The number of aromatic nitrogens is 2. The summed E-state index contributed by atoms with van der Waals surface area (Å²) in [4.78, 5) is 8.54. The number of hydrogen-bond donors (Lipinski definition) is 2. The van der Waals surface area contributed by atoms with Gasteiger partial charge in [0.2, 0.25) is 5.89 Å². The van der Waals surface area contributed by atoms with Crippen LogP contribution in [0.25, 0.3) is 0 Å². The number of guanidine groups is 1. The second-order valence-corrected chi connectivity index (χ2v) is 5.17. The predicted molar refractivity (Wildman–Crippen MR) is 102 cm³/mol. The zero-order chi connectivity index (χ0) is 15.8. The molecular weight excluding hydrogens is 429 g/mol. The van der Waals surface area contributed by atoms with Gasteiger partial charge in [0, 0.05) is 18.1 Å². The quantitative estimate of drug-likeness (QED) is 0.403. The second kappa shape index (κ2) is 10.4. The van der Waals surface area contributed by atoms with Crippen LogP contribution in [0, 0.1) is 6.92 Å². The molecule has 0 aliphatic carbocycles. The summed E-state index contributed by atoms with van der Waals surface area (Å²) in [5.41, 5.74) is 1.18. The minimum atomic E-state index is 0. The minimum absolute atomic E-state index is 0. The van der Waals surface area contributed by atoms with Crippen LogP contribution in [0.5, 0.6) is 0 Å². The first-order chi connectivity index (χ1) is 10.7. The van der Waals surface area contributed by atoms with Crippen LogP contribution >= 0.6 is 35.6 Å². The third-order valence-electron chi connectivity index (χ3n) is 2.88. The molecule has 0 saturated heterocycles. The van der Waals surface area contributed by atoms with Gasteiger partial charge in [-0.1, -0.05) is 28.9 Å². The molecule has 6 nitrogen and oxygen atoms in total. The molecule has 0 unspecified atom stereocenters. The first kappa shape index (κ1) is 19.7. The van der Waals surface area contributed by atoms with Gasteiger partial charge in [-0.05, 0) is 38.0 Å². The summed E-state index contributed by atoms with van der Waals surface area (Å²) in [6, 6.07) is 7.85. The number of aryl methyl sites for hydroxylation is 1. The maximum Gasteiger partial charge on any atom is 0.248 e. The fraction of sp³-hybridized carbons (Fsp3) is 0.400. The minimum Gasteiger partial charge on any atom is -0.357 e. The van der Waals surface area contributed by atoms with Crippen molar-refractivity contribution in [2.45, 2.75) is 26.8 Å². The van der Waals surface area contributed by atoms with Crippen LogP contribution in [0.15, 0.2) is 33.8 Å². The molecule has 0 aliphatic heterocycles. The Morgan fingerprint density at radius 3 is 2.83 bits per heavy atom. The van der Waals surface area contributed by atoms with Gasteiger partial charge < -0.3 is 15.2 Å². The van der Waals surface area contributed by atoms with E-state index in [1.807, 2.05) is 25.1 Å². The largest absolute Gasteiger partial charge is 0.357 e. The van der Waals surface area contributed by atoms with Crippen LogP contribution in [-0.4, -0.2) is 29.2 Å². The monoisotopic (exact) mass is 449 g/mol. The van der Waals surface area contributed by atoms with Crippen molar-refractivity contribution in [1.82, 2.24) is 20.8 Å². The molecule has 23 heavy (non-hydrogen) atoms. The number of nitrogens with zero attached hydrogens (tertiary/aromatic N) is 3. The van der Waals surface area contributed by atoms with Crippen molar-refractivity contribution >= 4 is 41.5 Å². The number of rotatable bonds is 6. The van der Waals surface area contributed by atoms with E-state index in [1.54, 1.807) is 6.92 Å². The summed E-state index contributed by atoms with van der Waals surface area (Å²) >= 11 is 5.98. The van der Waals surface area contributed by atoms with Crippen molar-refractivity contribution in [3.63, 3.8) is 0 Å². The van der Waals surface area contributed by atoms with E-state index in [1.165, 1.54) is 5.56 Å². The Morgan fingerprint density at radius 1 is 1.35 bits per heavy atom. The fourth-order valence-electron chi connectivity index (χ4n) is 1.91. The lowest BCUT2D eigenvalue weighted by atomic mass is 10.1. The molecule has 0 fully saturated rings. The zero-order valence-electron chi connectivity index (χ0n) is 13.2. The van der Waals surface area contributed by atoms with Crippen LogP contribution in [0.1, 0.15) is 24.2 Å². The van der Waals surface area contributed by atoms with Gasteiger partial charge in [-0.2, -0.15) is 4.98 Å². The fourth-order valence-corrected chi connectivity index (χ4v) is 2.12. The lowest BCUT2D eigenvalue weighted by Crippen LogP contribution is -2.38. The average Bonchev–Trinajstić information content (AvgIpc) is 2.90. The maximum absolute atomic E-state index is 5.98. The molecule has 0 amide bonds. The van der Waals surface area contributed by atoms with Gasteiger partial charge >= 0.3 is 0 Å². The molecule has 2 N–H and O–H groups in total. The summed E-state index contributed by atoms with van der Waals surface area (Å²) in [6.45, 7) is 5.70. The van der Waals surface area contributed by atoms with Gasteiger partial charge in [0.05, 0.1) is 0 Å². The lowest BCUT2D eigenvalue weighted by Gasteiger charge is -2.10. The molecule has 1 heterocycles. The Balaban J connectivity index is 0.00000264. The molecule has 2 aromatic rings. The molecule has 1 aromatic heterocycles. The standard InChI is InChI=1S/C15H20ClN5O.HI/c1-3-17-15(19-10-14-20-11(2)21-22-14)18-8-7-12-5-4-6-13(16)9-12;/h4-6,9H,3,7-8,10H2,1-2H3,(H2,17,18,19);1H. The molecule has 0 spiro atoms. The van der Waals surface area contributed by atoms with Crippen molar-refractivity contribution in [2.75, 3.05) is 13.1 Å². The van der Waals surface area contributed by atoms with Crippen molar-refractivity contribution in [1.29, 1.82) is 0 Å². The van der Waals surface area contributed by atoms with Crippen LogP contribution in [0.4, 0.5) is 0 Å². The van der Waals surface area contributed by atoms with Crippen molar-refractivity contribution in [3.8, 4) is 0 Å². The molecule has 0 radical (unpaired) electrons. The third-order valence-corrected chi connectivity index (χ3v) is 3.12. The van der Waals surface area contributed by atoms with E-state index in [0.29, 0.717) is 18.3 Å². The number of hydrogen-bond acceptors (Lipinski definition) is 4. The van der Waals surface area contributed by atoms with Gasteiger partial charge in [-0.3, -0.25) is 0 Å². The highest BCUT2D eigenvalue weighted by molar-refractivity contribution is 14.0. The van der Waals surface area contributed by atoms with Crippen molar-refractivity contribution in [2.24, 2.45) is 4.99 Å². The summed E-state index contributed by atoms with van der Waals surface area (Å²) in [5.74, 6) is 1.84. The van der Waals surface area contributed by atoms with Gasteiger partial charge in [-0.25, -0.2) is 4.99 Å². The molecule has 0 atom stereocenters. The molecule has 2 rings (SSSR count). The third kappa shape index (κ3) is 7.17. The second-order valence-electron chi connectivity index (χ2n) is 4.74. The first-order valence-electron chi connectivity index (χ1n) is 7.23. The smallest absolute Gasteiger partial charge is 0.248 e.